The first-order chi connectivity index (χ1) is 6.72. The summed E-state index contributed by atoms with van der Waals surface area (Å²) in [6.07, 6.45) is 3.63. The number of ether oxygens (including phenoxy) is 1. The molecule has 2 nitrogen and oxygen atoms in total. The molecule has 2 atom stereocenters. The van der Waals surface area contributed by atoms with Crippen LogP contribution < -0.4 is 0 Å². The van der Waals surface area contributed by atoms with Crippen molar-refractivity contribution >= 4 is 31.7 Å². The summed E-state index contributed by atoms with van der Waals surface area (Å²) in [4.78, 5) is 4.08. The first kappa shape index (κ1) is 12.2. The van der Waals surface area contributed by atoms with Crippen molar-refractivity contribution in [1.29, 1.82) is 0 Å². The molecule has 14 heavy (non-hydrogen) atoms. The van der Waals surface area contributed by atoms with E-state index in [0.29, 0.717) is 6.61 Å². The quantitative estimate of drug-likeness (QED) is 0.778. The van der Waals surface area contributed by atoms with E-state index in [9.17, 15) is 0 Å². The van der Waals surface area contributed by atoms with Gasteiger partial charge in [0.1, 0.15) is 0 Å². The van der Waals surface area contributed by atoms with E-state index in [4.69, 9.17) is 4.74 Å². The molecule has 78 valence electrons. The van der Waals surface area contributed by atoms with Crippen LogP contribution in [0.15, 0.2) is 22.9 Å². The van der Waals surface area contributed by atoms with Gasteiger partial charge in [-0.2, -0.15) is 0 Å². The molecular weight excluding hydrogens is 305 g/mol. The van der Waals surface area contributed by atoms with Crippen molar-refractivity contribution in [3.8, 4) is 0 Å². The Morgan fingerprint density at radius 2 is 2.36 bits per heavy atom. The fourth-order valence-electron chi connectivity index (χ4n) is 0.972. The van der Waals surface area contributed by atoms with Crippen molar-refractivity contribution in [2.24, 2.45) is 0 Å². The minimum atomic E-state index is 0.189. The summed E-state index contributed by atoms with van der Waals surface area (Å²) in [5, 5.41) is 0. The number of aromatic nitrogens is 1. The topological polar surface area (TPSA) is 22.1 Å². The number of pyridine rings is 1. The Kier molecular flexibility index (Phi) is 5.76. The van der Waals surface area contributed by atoms with Gasteiger partial charge in [-0.05, 0) is 0 Å². The third-order valence-electron chi connectivity index (χ3n) is 1.89. The van der Waals surface area contributed by atoms with Gasteiger partial charge in [0.25, 0.3) is 0 Å². The van der Waals surface area contributed by atoms with Crippen LogP contribution in [0.4, 0.5) is 0 Å². The van der Waals surface area contributed by atoms with E-state index in [1.807, 2.05) is 12.3 Å². The SMILES string of the molecule is C[AsH]C(C)COCc1cncc(Br)c1. The van der Waals surface area contributed by atoms with Crippen LogP contribution in [0.5, 0.6) is 0 Å². The zero-order chi connectivity index (χ0) is 10.4. The molecular formula is C10H15AsBrNO. The average Bonchev–Trinajstić information content (AvgIpc) is 2.17. The van der Waals surface area contributed by atoms with Crippen molar-refractivity contribution < 1.29 is 4.74 Å². The molecule has 0 bridgehead atoms. The fraction of sp³-hybridized carbons (Fsp3) is 0.500. The second-order valence-corrected chi connectivity index (χ2v) is 7.41. The average molecular weight is 320 g/mol. The maximum absolute atomic E-state index is 5.60. The molecule has 1 heterocycles. The molecule has 0 fully saturated rings. The Hall–Kier alpha value is 0.148. The van der Waals surface area contributed by atoms with Gasteiger partial charge in [-0.15, -0.1) is 0 Å². The van der Waals surface area contributed by atoms with Gasteiger partial charge in [-0.1, -0.05) is 0 Å². The molecule has 0 radical (unpaired) electrons. The van der Waals surface area contributed by atoms with E-state index in [-0.39, 0.29) is 15.8 Å². The van der Waals surface area contributed by atoms with Crippen molar-refractivity contribution in [2.45, 2.75) is 23.9 Å². The summed E-state index contributed by atoms with van der Waals surface area (Å²) in [5.74, 6) is 0. The summed E-state index contributed by atoms with van der Waals surface area (Å²) >= 11 is 3.57. The van der Waals surface area contributed by atoms with Crippen LogP contribution in [0.25, 0.3) is 0 Å². The molecule has 0 N–H and O–H groups in total. The maximum atomic E-state index is 5.60. The van der Waals surface area contributed by atoms with E-state index in [2.05, 4.69) is 33.5 Å². The Balaban J connectivity index is 2.31. The monoisotopic (exact) mass is 319 g/mol. The van der Waals surface area contributed by atoms with Gasteiger partial charge in [-0.25, -0.2) is 0 Å². The second-order valence-electron chi connectivity index (χ2n) is 3.22. The molecule has 1 aromatic heterocycles. The van der Waals surface area contributed by atoms with Crippen LogP contribution in [-0.2, 0) is 11.3 Å². The van der Waals surface area contributed by atoms with Gasteiger partial charge in [-0.3, -0.25) is 0 Å². The minimum absolute atomic E-state index is 0.189. The number of rotatable bonds is 5. The molecule has 1 aromatic rings. The Morgan fingerprint density at radius 1 is 1.57 bits per heavy atom. The van der Waals surface area contributed by atoms with Gasteiger partial charge in [0.15, 0.2) is 0 Å². The van der Waals surface area contributed by atoms with E-state index >= 15 is 0 Å². The summed E-state index contributed by atoms with van der Waals surface area (Å²) < 4.78 is 7.37. The normalized spacial score (nSPS) is 13.6. The zero-order valence-corrected chi connectivity index (χ0v) is 12.1. The summed E-state index contributed by atoms with van der Waals surface area (Å²) in [6.45, 7) is 3.80. The molecule has 2 unspecified atom stereocenters. The molecule has 0 spiro atoms. The van der Waals surface area contributed by atoms with Crippen LogP contribution in [0, 0.1) is 0 Å². The predicted octanol–water partition coefficient (Wildman–Crippen LogP) is 2.65. The number of halogens is 1. The van der Waals surface area contributed by atoms with Crippen molar-refractivity contribution in [1.82, 2.24) is 4.98 Å². The predicted molar refractivity (Wildman–Crippen MR) is 64.0 cm³/mol. The summed E-state index contributed by atoms with van der Waals surface area (Å²) in [5.41, 5.74) is 3.43. The van der Waals surface area contributed by atoms with Crippen molar-refractivity contribution in [2.75, 3.05) is 6.61 Å². The van der Waals surface area contributed by atoms with Gasteiger partial charge < -0.3 is 0 Å². The van der Waals surface area contributed by atoms with Crippen LogP contribution >= 0.6 is 15.9 Å². The number of nitrogens with zero attached hydrogens (tertiary/aromatic N) is 1. The van der Waals surface area contributed by atoms with Crippen LogP contribution in [0.1, 0.15) is 12.5 Å². The van der Waals surface area contributed by atoms with Gasteiger partial charge in [0.2, 0.25) is 0 Å². The first-order valence-corrected chi connectivity index (χ1v) is 8.67. The van der Waals surface area contributed by atoms with Crippen LogP contribution in [-0.4, -0.2) is 27.3 Å². The van der Waals surface area contributed by atoms with Crippen LogP contribution in [0.2, 0.25) is 10.4 Å². The van der Waals surface area contributed by atoms with Crippen molar-refractivity contribution in [3.05, 3.63) is 28.5 Å². The molecule has 0 aromatic carbocycles. The molecule has 0 amide bonds. The van der Waals surface area contributed by atoms with E-state index < -0.39 is 0 Å². The molecule has 0 aliphatic carbocycles. The second kappa shape index (κ2) is 6.60. The van der Waals surface area contributed by atoms with Crippen molar-refractivity contribution in [3.63, 3.8) is 0 Å². The Labute approximate surface area is 100 Å². The fourth-order valence-corrected chi connectivity index (χ4v) is 1.98. The number of hydrogen-bond acceptors (Lipinski definition) is 2. The van der Waals surface area contributed by atoms with E-state index in [1.165, 1.54) is 0 Å². The third kappa shape index (κ3) is 4.58. The Morgan fingerprint density at radius 3 is 3.00 bits per heavy atom. The number of hydrogen-bond donors (Lipinski definition) is 0. The standard InChI is InChI=1S/C10H15AsBrNO/c1-8(11-2)6-14-7-9-3-10(12)5-13-4-9/h3-5,8,11H,6-7H2,1-2H3. The van der Waals surface area contributed by atoms with Gasteiger partial charge in [0.05, 0.1) is 0 Å². The summed E-state index contributed by atoms with van der Waals surface area (Å²) in [6, 6.07) is 2.04. The van der Waals surface area contributed by atoms with E-state index in [1.54, 1.807) is 6.20 Å². The molecule has 0 aliphatic heterocycles. The first-order valence-electron chi connectivity index (χ1n) is 4.57. The Bertz CT molecular complexity index is 283. The molecule has 0 aliphatic rings. The van der Waals surface area contributed by atoms with Gasteiger partial charge in [0, 0.05) is 0 Å². The molecule has 0 saturated carbocycles. The van der Waals surface area contributed by atoms with Gasteiger partial charge >= 0.3 is 100 Å². The molecule has 4 heteroatoms. The van der Waals surface area contributed by atoms with E-state index in [0.717, 1.165) is 21.3 Å². The zero-order valence-electron chi connectivity index (χ0n) is 8.46. The molecule has 0 saturated heterocycles. The molecule has 1 rings (SSSR count). The third-order valence-corrected chi connectivity index (χ3v) is 4.74. The van der Waals surface area contributed by atoms with Crippen LogP contribution in [0.3, 0.4) is 0 Å². The summed E-state index contributed by atoms with van der Waals surface area (Å²) in [7, 11) is 0.